The lowest BCUT2D eigenvalue weighted by atomic mass is 10.2. The zero-order chi connectivity index (χ0) is 18.7. The number of methoxy groups -OCH3 is 1. The minimum Gasteiger partial charge on any atom is -0.465 e. The zero-order valence-electron chi connectivity index (χ0n) is 14.8. The van der Waals surface area contributed by atoms with Crippen molar-refractivity contribution in [3.05, 3.63) is 71.7 Å². The first-order valence-corrected chi connectivity index (χ1v) is 8.02. The minimum atomic E-state index is -0.464. The van der Waals surface area contributed by atoms with Crippen molar-refractivity contribution < 1.29 is 18.7 Å². The van der Waals surface area contributed by atoms with Crippen LogP contribution in [0.4, 0.5) is 0 Å². The first kappa shape index (κ1) is 17.5. The Balaban J connectivity index is 1.80. The molecule has 1 amide bonds. The van der Waals surface area contributed by atoms with E-state index >= 15 is 0 Å². The predicted molar refractivity (Wildman–Crippen MR) is 94.1 cm³/mol. The normalized spacial score (nSPS) is 10.6. The summed E-state index contributed by atoms with van der Waals surface area (Å²) in [5.74, 6) is 0.292. The fourth-order valence-corrected chi connectivity index (χ4v) is 2.68. The Labute approximate surface area is 150 Å². The van der Waals surface area contributed by atoms with E-state index in [-0.39, 0.29) is 12.5 Å². The van der Waals surface area contributed by atoms with Crippen molar-refractivity contribution in [2.75, 3.05) is 14.2 Å². The second-order valence-corrected chi connectivity index (χ2v) is 5.82. The van der Waals surface area contributed by atoms with Crippen LogP contribution >= 0.6 is 0 Å². The number of nitrogens with zero attached hydrogens (tertiary/aromatic N) is 3. The van der Waals surface area contributed by atoms with Crippen LogP contribution in [0.1, 0.15) is 32.4 Å². The third kappa shape index (κ3) is 3.37. The van der Waals surface area contributed by atoms with Crippen molar-refractivity contribution in [1.82, 2.24) is 14.5 Å². The van der Waals surface area contributed by atoms with Gasteiger partial charge < -0.3 is 14.1 Å². The van der Waals surface area contributed by atoms with Gasteiger partial charge in [0.05, 0.1) is 26.2 Å². The van der Waals surface area contributed by atoms with Crippen molar-refractivity contribution in [3.8, 4) is 5.69 Å². The van der Waals surface area contributed by atoms with Crippen LogP contribution in [-0.4, -0.2) is 40.5 Å². The van der Waals surface area contributed by atoms with Gasteiger partial charge in [-0.2, -0.15) is 0 Å². The van der Waals surface area contributed by atoms with E-state index in [1.165, 1.54) is 18.2 Å². The number of carbonyl (C=O) groups is 2. The molecule has 0 saturated carbocycles. The number of imidazole rings is 1. The second kappa shape index (κ2) is 7.26. The Bertz CT molecular complexity index is 927. The van der Waals surface area contributed by atoms with Crippen LogP contribution in [0.3, 0.4) is 0 Å². The fraction of sp³-hybridized carbons (Fsp3) is 0.211. The summed E-state index contributed by atoms with van der Waals surface area (Å²) in [7, 11) is 2.98. The van der Waals surface area contributed by atoms with Crippen molar-refractivity contribution in [1.29, 1.82) is 0 Å². The van der Waals surface area contributed by atoms with Gasteiger partial charge in [-0.15, -0.1) is 0 Å². The summed E-state index contributed by atoms with van der Waals surface area (Å²) in [5, 5.41) is 0. The molecule has 0 aliphatic heterocycles. The largest absolute Gasteiger partial charge is 0.465 e. The molecular formula is C19H19N3O4. The molecule has 7 heteroatoms. The van der Waals surface area contributed by atoms with Crippen LogP contribution in [-0.2, 0) is 11.3 Å². The average molecular weight is 353 g/mol. The topological polar surface area (TPSA) is 77.6 Å². The van der Waals surface area contributed by atoms with E-state index in [0.717, 1.165) is 5.69 Å². The highest BCUT2D eigenvalue weighted by Crippen LogP contribution is 2.18. The number of rotatable bonds is 5. The summed E-state index contributed by atoms with van der Waals surface area (Å²) in [6, 6.07) is 11.1. The first-order chi connectivity index (χ1) is 12.5. The second-order valence-electron chi connectivity index (χ2n) is 5.82. The number of hydrogen-bond acceptors (Lipinski definition) is 5. The van der Waals surface area contributed by atoms with E-state index in [0.29, 0.717) is 22.8 Å². The van der Waals surface area contributed by atoms with Crippen LogP contribution in [0.25, 0.3) is 5.69 Å². The van der Waals surface area contributed by atoms with Gasteiger partial charge in [0.1, 0.15) is 22.8 Å². The molecule has 0 saturated heterocycles. The molecule has 0 fully saturated rings. The van der Waals surface area contributed by atoms with Crippen LogP contribution < -0.4 is 0 Å². The highest BCUT2D eigenvalue weighted by Gasteiger charge is 2.21. The smallest absolute Gasteiger partial charge is 0.341 e. The maximum atomic E-state index is 12.8. The quantitative estimate of drug-likeness (QED) is 0.659. The number of esters is 1. The lowest BCUT2D eigenvalue weighted by Gasteiger charge is -2.16. The molecule has 2 heterocycles. The summed E-state index contributed by atoms with van der Waals surface area (Å²) in [6.45, 7) is 1.90. The first-order valence-electron chi connectivity index (χ1n) is 8.02. The third-order valence-corrected chi connectivity index (χ3v) is 4.01. The highest BCUT2D eigenvalue weighted by molar-refractivity contribution is 5.93. The van der Waals surface area contributed by atoms with Gasteiger partial charge in [0.25, 0.3) is 5.91 Å². The SMILES string of the molecule is COC(=O)c1cc(CN(C)C(=O)c2cncn2-c2ccccc2)oc1C. The van der Waals surface area contributed by atoms with E-state index in [4.69, 9.17) is 9.15 Å². The summed E-state index contributed by atoms with van der Waals surface area (Å²) < 4.78 is 12.0. The molecule has 7 nitrogen and oxygen atoms in total. The number of aryl methyl sites for hydroxylation is 1. The summed E-state index contributed by atoms with van der Waals surface area (Å²) in [5.41, 5.74) is 1.65. The van der Waals surface area contributed by atoms with Gasteiger partial charge in [-0.25, -0.2) is 9.78 Å². The Morgan fingerprint density at radius 1 is 1.27 bits per heavy atom. The molecule has 134 valence electrons. The highest BCUT2D eigenvalue weighted by atomic mass is 16.5. The number of carbonyl (C=O) groups excluding carboxylic acids is 2. The van der Waals surface area contributed by atoms with E-state index in [1.807, 2.05) is 30.3 Å². The molecule has 0 atom stereocenters. The maximum absolute atomic E-state index is 12.8. The van der Waals surface area contributed by atoms with Crippen LogP contribution in [0.2, 0.25) is 0 Å². The van der Waals surface area contributed by atoms with Crippen LogP contribution in [0.15, 0.2) is 53.3 Å². The van der Waals surface area contributed by atoms with Crippen molar-refractivity contribution in [2.45, 2.75) is 13.5 Å². The molecule has 0 N–H and O–H groups in total. The van der Waals surface area contributed by atoms with Gasteiger partial charge in [-0.3, -0.25) is 9.36 Å². The summed E-state index contributed by atoms with van der Waals surface area (Å²) >= 11 is 0. The van der Waals surface area contributed by atoms with Gasteiger partial charge >= 0.3 is 5.97 Å². The van der Waals surface area contributed by atoms with Crippen molar-refractivity contribution in [2.24, 2.45) is 0 Å². The number of furan rings is 1. The van der Waals surface area contributed by atoms with Crippen molar-refractivity contribution >= 4 is 11.9 Å². The van der Waals surface area contributed by atoms with Gasteiger partial charge in [0, 0.05) is 12.7 Å². The predicted octanol–water partition coefficient (Wildman–Crippen LogP) is 2.83. The van der Waals surface area contributed by atoms with Gasteiger partial charge in [-0.1, -0.05) is 18.2 Å². The lowest BCUT2D eigenvalue weighted by Crippen LogP contribution is -2.27. The Morgan fingerprint density at radius 3 is 2.69 bits per heavy atom. The van der Waals surface area contributed by atoms with E-state index in [1.54, 1.807) is 30.9 Å². The molecule has 0 spiro atoms. The summed E-state index contributed by atoms with van der Waals surface area (Å²) in [6.07, 6.45) is 3.13. The van der Waals surface area contributed by atoms with E-state index in [9.17, 15) is 9.59 Å². The third-order valence-electron chi connectivity index (χ3n) is 4.01. The standard InChI is InChI=1S/C19H19N3O4/c1-13-16(19(24)25-3)9-15(26-13)11-21(2)18(23)17-10-20-12-22(17)14-7-5-4-6-8-14/h4-10,12H,11H2,1-3H3. The van der Waals surface area contributed by atoms with Gasteiger partial charge in [0.2, 0.25) is 0 Å². The number of ether oxygens (including phenoxy) is 1. The number of para-hydroxylation sites is 1. The number of amides is 1. The van der Waals surface area contributed by atoms with E-state index in [2.05, 4.69) is 4.98 Å². The van der Waals surface area contributed by atoms with E-state index < -0.39 is 5.97 Å². The summed E-state index contributed by atoms with van der Waals surface area (Å²) in [4.78, 5) is 30.1. The molecule has 0 unspecified atom stereocenters. The van der Waals surface area contributed by atoms with Crippen molar-refractivity contribution in [3.63, 3.8) is 0 Å². The average Bonchev–Trinajstić information content (AvgIpc) is 3.28. The molecule has 26 heavy (non-hydrogen) atoms. The Kier molecular flexibility index (Phi) is 4.88. The number of benzene rings is 1. The Morgan fingerprint density at radius 2 is 2.00 bits per heavy atom. The molecule has 2 aromatic heterocycles. The molecule has 3 rings (SSSR count). The number of aromatic nitrogens is 2. The molecule has 3 aromatic rings. The van der Waals surface area contributed by atoms with Crippen LogP contribution in [0, 0.1) is 6.92 Å². The Hall–Kier alpha value is -3.35. The van der Waals surface area contributed by atoms with Gasteiger partial charge in [0.15, 0.2) is 0 Å². The fourth-order valence-electron chi connectivity index (χ4n) is 2.68. The maximum Gasteiger partial charge on any atom is 0.341 e. The molecule has 0 aliphatic rings. The van der Waals surface area contributed by atoms with Crippen LogP contribution in [0.5, 0.6) is 0 Å². The minimum absolute atomic E-state index is 0.208. The molecule has 0 bridgehead atoms. The molecule has 1 aromatic carbocycles. The molecular weight excluding hydrogens is 334 g/mol. The van der Waals surface area contributed by atoms with Gasteiger partial charge in [-0.05, 0) is 25.1 Å². The monoisotopic (exact) mass is 353 g/mol. The number of hydrogen-bond donors (Lipinski definition) is 0. The molecule has 0 radical (unpaired) electrons. The lowest BCUT2D eigenvalue weighted by molar-refractivity contribution is 0.0598. The zero-order valence-corrected chi connectivity index (χ0v) is 14.8. The molecule has 0 aliphatic carbocycles.